The van der Waals surface area contributed by atoms with Crippen LogP contribution < -0.4 is 15.8 Å². The van der Waals surface area contributed by atoms with E-state index in [1.54, 1.807) is 0 Å². The van der Waals surface area contributed by atoms with E-state index in [-0.39, 0.29) is 0 Å². The zero-order chi connectivity index (χ0) is 14.4. The van der Waals surface area contributed by atoms with Crippen molar-refractivity contribution < 1.29 is 4.74 Å². The Morgan fingerprint density at radius 1 is 1.20 bits per heavy atom. The van der Waals surface area contributed by atoms with Crippen molar-refractivity contribution in [3.05, 3.63) is 41.6 Å². The van der Waals surface area contributed by atoms with Gasteiger partial charge in [0.05, 0.1) is 6.61 Å². The quantitative estimate of drug-likeness (QED) is 0.791. The number of nitrogens with zero attached hydrogens (tertiary/aromatic N) is 2. The Morgan fingerprint density at radius 3 is 2.65 bits per heavy atom. The Balaban J connectivity index is 2.01. The molecule has 20 heavy (non-hydrogen) atoms. The summed E-state index contributed by atoms with van der Waals surface area (Å²) in [5.74, 6) is 1.19. The molecule has 0 fully saturated rings. The molecule has 5 heteroatoms. The normalized spacial score (nSPS) is 10.3. The van der Waals surface area contributed by atoms with Crippen molar-refractivity contribution in [2.45, 2.75) is 26.8 Å². The van der Waals surface area contributed by atoms with Gasteiger partial charge in [0, 0.05) is 24.0 Å². The summed E-state index contributed by atoms with van der Waals surface area (Å²) in [5, 5.41) is 3.20. The fraction of sp³-hybridized carbons (Fsp3) is 0.333. The van der Waals surface area contributed by atoms with Gasteiger partial charge in [0.15, 0.2) is 0 Å². The van der Waals surface area contributed by atoms with E-state index < -0.39 is 0 Å². The molecule has 1 heterocycles. The predicted octanol–water partition coefficient (Wildman–Crippen LogP) is 2.77. The van der Waals surface area contributed by atoms with E-state index in [2.05, 4.69) is 22.2 Å². The molecule has 2 rings (SSSR count). The summed E-state index contributed by atoms with van der Waals surface area (Å²) in [5.41, 5.74) is 8.42. The van der Waals surface area contributed by atoms with Gasteiger partial charge in [-0.15, -0.1) is 0 Å². The Bertz CT molecular complexity index is 554. The molecule has 0 aliphatic rings. The second kappa shape index (κ2) is 6.75. The lowest BCUT2D eigenvalue weighted by Gasteiger charge is -2.09. The lowest BCUT2D eigenvalue weighted by Crippen LogP contribution is -2.06. The number of ether oxygens (including phenoxy) is 1. The summed E-state index contributed by atoms with van der Waals surface area (Å²) in [6.45, 7) is 5.30. The molecular weight excluding hydrogens is 252 g/mol. The number of hydrogen-bond donors (Lipinski definition) is 2. The topological polar surface area (TPSA) is 73.1 Å². The highest BCUT2D eigenvalue weighted by Crippen LogP contribution is 2.13. The first-order chi connectivity index (χ1) is 9.67. The number of benzene rings is 1. The minimum absolute atomic E-state index is 0.577. The SMILES string of the molecule is CCCOc1cc(C)nc(NCc2ccc(N)cc2)n1. The molecule has 3 N–H and O–H groups in total. The highest BCUT2D eigenvalue weighted by molar-refractivity contribution is 5.40. The Kier molecular flexibility index (Phi) is 4.76. The van der Waals surface area contributed by atoms with Gasteiger partial charge in [0.2, 0.25) is 11.8 Å². The van der Waals surface area contributed by atoms with Crippen molar-refractivity contribution in [3.8, 4) is 5.88 Å². The number of nitrogens with two attached hydrogens (primary N) is 1. The molecule has 0 saturated carbocycles. The van der Waals surface area contributed by atoms with E-state index in [4.69, 9.17) is 10.5 Å². The predicted molar refractivity (Wildman–Crippen MR) is 80.7 cm³/mol. The summed E-state index contributed by atoms with van der Waals surface area (Å²) in [7, 11) is 0. The molecule has 1 aromatic carbocycles. The molecule has 0 aliphatic heterocycles. The molecule has 0 atom stereocenters. The third-order valence-corrected chi connectivity index (χ3v) is 2.72. The van der Waals surface area contributed by atoms with Crippen molar-refractivity contribution >= 4 is 11.6 Å². The van der Waals surface area contributed by atoms with Crippen LogP contribution in [0, 0.1) is 6.92 Å². The maximum absolute atomic E-state index is 5.66. The fourth-order valence-electron chi connectivity index (χ4n) is 1.72. The minimum Gasteiger partial charge on any atom is -0.478 e. The van der Waals surface area contributed by atoms with Gasteiger partial charge in [-0.3, -0.25) is 0 Å². The number of nitrogens with one attached hydrogen (secondary N) is 1. The third kappa shape index (κ3) is 4.12. The first-order valence-corrected chi connectivity index (χ1v) is 6.74. The van der Waals surface area contributed by atoms with Gasteiger partial charge in [-0.25, -0.2) is 4.98 Å². The molecule has 0 amide bonds. The number of aromatic nitrogens is 2. The number of aryl methyl sites for hydroxylation is 1. The van der Waals surface area contributed by atoms with Crippen LogP contribution in [0.5, 0.6) is 5.88 Å². The van der Waals surface area contributed by atoms with Crippen LogP contribution in [-0.4, -0.2) is 16.6 Å². The standard InChI is InChI=1S/C15H20N4O/c1-3-8-20-14-9-11(2)18-15(19-14)17-10-12-4-6-13(16)7-5-12/h4-7,9H,3,8,10,16H2,1-2H3,(H,17,18,19). The largest absolute Gasteiger partial charge is 0.478 e. The van der Waals surface area contributed by atoms with Crippen molar-refractivity contribution in [1.29, 1.82) is 0 Å². The summed E-state index contributed by atoms with van der Waals surface area (Å²) >= 11 is 0. The summed E-state index contributed by atoms with van der Waals surface area (Å²) in [6.07, 6.45) is 0.956. The zero-order valence-electron chi connectivity index (χ0n) is 11.9. The first-order valence-electron chi connectivity index (χ1n) is 6.74. The maximum Gasteiger partial charge on any atom is 0.226 e. The van der Waals surface area contributed by atoms with Gasteiger partial charge in [-0.2, -0.15) is 4.98 Å². The highest BCUT2D eigenvalue weighted by atomic mass is 16.5. The van der Waals surface area contributed by atoms with Gasteiger partial charge in [0.25, 0.3) is 0 Å². The molecule has 2 aromatic rings. The number of anilines is 2. The second-order valence-electron chi connectivity index (χ2n) is 4.61. The Labute approximate surface area is 119 Å². The molecule has 0 saturated heterocycles. The fourth-order valence-corrected chi connectivity index (χ4v) is 1.72. The van der Waals surface area contributed by atoms with E-state index >= 15 is 0 Å². The molecule has 0 bridgehead atoms. The summed E-state index contributed by atoms with van der Waals surface area (Å²) < 4.78 is 5.54. The van der Waals surface area contributed by atoms with Crippen LogP contribution in [0.25, 0.3) is 0 Å². The van der Waals surface area contributed by atoms with E-state index in [0.29, 0.717) is 25.0 Å². The average molecular weight is 272 g/mol. The van der Waals surface area contributed by atoms with Crippen LogP contribution >= 0.6 is 0 Å². The molecule has 1 aromatic heterocycles. The van der Waals surface area contributed by atoms with Gasteiger partial charge < -0.3 is 15.8 Å². The maximum atomic E-state index is 5.66. The summed E-state index contributed by atoms with van der Waals surface area (Å²) in [4.78, 5) is 8.68. The number of hydrogen-bond acceptors (Lipinski definition) is 5. The molecular formula is C15H20N4O. The van der Waals surface area contributed by atoms with E-state index in [1.807, 2.05) is 37.3 Å². The Morgan fingerprint density at radius 2 is 1.95 bits per heavy atom. The van der Waals surface area contributed by atoms with Gasteiger partial charge >= 0.3 is 0 Å². The van der Waals surface area contributed by atoms with Gasteiger partial charge in [-0.05, 0) is 31.0 Å². The van der Waals surface area contributed by atoms with Crippen LogP contribution in [0.15, 0.2) is 30.3 Å². The smallest absolute Gasteiger partial charge is 0.226 e. The third-order valence-electron chi connectivity index (χ3n) is 2.72. The lowest BCUT2D eigenvalue weighted by atomic mass is 10.2. The Hall–Kier alpha value is -2.30. The average Bonchev–Trinajstić information content (AvgIpc) is 2.44. The molecule has 106 valence electrons. The first kappa shape index (κ1) is 14.1. The monoisotopic (exact) mass is 272 g/mol. The van der Waals surface area contributed by atoms with Crippen LogP contribution in [0.1, 0.15) is 24.6 Å². The molecule has 0 aliphatic carbocycles. The van der Waals surface area contributed by atoms with Gasteiger partial charge in [-0.1, -0.05) is 19.1 Å². The second-order valence-corrected chi connectivity index (χ2v) is 4.61. The van der Waals surface area contributed by atoms with Crippen LogP contribution in [0.4, 0.5) is 11.6 Å². The van der Waals surface area contributed by atoms with Crippen molar-refractivity contribution in [1.82, 2.24) is 9.97 Å². The number of rotatable bonds is 6. The van der Waals surface area contributed by atoms with E-state index in [9.17, 15) is 0 Å². The van der Waals surface area contributed by atoms with Crippen LogP contribution in [0.3, 0.4) is 0 Å². The molecule has 0 radical (unpaired) electrons. The zero-order valence-corrected chi connectivity index (χ0v) is 11.9. The minimum atomic E-state index is 0.577. The molecule has 0 spiro atoms. The van der Waals surface area contributed by atoms with Crippen LogP contribution in [0.2, 0.25) is 0 Å². The number of nitrogen functional groups attached to an aromatic ring is 1. The summed E-state index contributed by atoms with van der Waals surface area (Å²) in [6, 6.07) is 9.55. The molecule has 0 unspecified atom stereocenters. The van der Waals surface area contributed by atoms with Gasteiger partial charge in [0.1, 0.15) is 0 Å². The lowest BCUT2D eigenvalue weighted by molar-refractivity contribution is 0.305. The van der Waals surface area contributed by atoms with Crippen LogP contribution in [-0.2, 0) is 6.54 Å². The van der Waals surface area contributed by atoms with Crippen molar-refractivity contribution in [2.75, 3.05) is 17.7 Å². The van der Waals surface area contributed by atoms with Crippen molar-refractivity contribution in [2.24, 2.45) is 0 Å². The molecule has 5 nitrogen and oxygen atoms in total. The highest BCUT2D eigenvalue weighted by Gasteiger charge is 2.03. The van der Waals surface area contributed by atoms with Crippen molar-refractivity contribution in [3.63, 3.8) is 0 Å². The van der Waals surface area contributed by atoms with E-state index in [1.165, 1.54) is 0 Å². The van der Waals surface area contributed by atoms with E-state index in [0.717, 1.165) is 23.4 Å².